The van der Waals surface area contributed by atoms with Gasteiger partial charge >= 0.3 is 5.97 Å². The van der Waals surface area contributed by atoms with Gasteiger partial charge in [-0.25, -0.2) is 0 Å². The van der Waals surface area contributed by atoms with E-state index in [2.05, 4.69) is 0 Å². The number of hydrogen-bond donors (Lipinski definition) is 1. The summed E-state index contributed by atoms with van der Waals surface area (Å²) in [4.78, 5) is 10.5. The fourth-order valence-corrected chi connectivity index (χ4v) is 1.09. The molecule has 1 atom stereocenters. The molecule has 1 aromatic carbocycles. The van der Waals surface area contributed by atoms with Gasteiger partial charge in [-0.3, -0.25) is 4.79 Å². The van der Waals surface area contributed by atoms with Crippen LogP contribution in [0.3, 0.4) is 0 Å². The van der Waals surface area contributed by atoms with Gasteiger partial charge in [-0.2, -0.15) is 0 Å². The van der Waals surface area contributed by atoms with Gasteiger partial charge in [-0.1, -0.05) is 30.3 Å². The highest BCUT2D eigenvalue weighted by atomic mass is 16.7. The Labute approximate surface area is 94.8 Å². The third-order valence-electron chi connectivity index (χ3n) is 2.07. The molecule has 0 saturated heterocycles. The standard InChI is InChI=1S/C12H16O4/c1-10(12(13)14)7-15-9-16-8-11-5-3-2-4-6-11/h2-6,10H,7-9H2,1H3,(H,13,14)/t10-/m0/s1. The number of aliphatic carboxylic acids is 1. The van der Waals surface area contributed by atoms with Gasteiger partial charge in [0.15, 0.2) is 0 Å². The molecule has 0 fully saturated rings. The number of ether oxygens (including phenoxy) is 2. The smallest absolute Gasteiger partial charge is 0.308 e. The molecule has 0 aliphatic carbocycles. The Morgan fingerprint density at radius 3 is 2.62 bits per heavy atom. The summed E-state index contributed by atoms with van der Waals surface area (Å²) in [5.41, 5.74) is 1.07. The van der Waals surface area contributed by atoms with Crippen molar-refractivity contribution in [3.05, 3.63) is 35.9 Å². The van der Waals surface area contributed by atoms with Crippen molar-refractivity contribution in [3.63, 3.8) is 0 Å². The second kappa shape index (κ2) is 6.98. The van der Waals surface area contributed by atoms with Crippen LogP contribution in [-0.4, -0.2) is 24.5 Å². The largest absolute Gasteiger partial charge is 0.481 e. The van der Waals surface area contributed by atoms with Crippen molar-refractivity contribution in [2.24, 2.45) is 5.92 Å². The van der Waals surface area contributed by atoms with Gasteiger partial charge in [0.1, 0.15) is 6.79 Å². The fraction of sp³-hybridized carbons (Fsp3) is 0.417. The lowest BCUT2D eigenvalue weighted by atomic mass is 10.2. The normalized spacial score (nSPS) is 12.3. The summed E-state index contributed by atoms with van der Waals surface area (Å²) < 4.78 is 10.3. The second-order valence-corrected chi connectivity index (χ2v) is 3.56. The van der Waals surface area contributed by atoms with E-state index in [-0.39, 0.29) is 13.4 Å². The van der Waals surface area contributed by atoms with E-state index < -0.39 is 11.9 Å². The van der Waals surface area contributed by atoms with Crippen LogP contribution in [-0.2, 0) is 20.9 Å². The molecular formula is C12H16O4. The van der Waals surface area contributed by atoms with E-state index in [0.29, 0.717) is 6.61 Å². The lowest BCUT2D eigenvalue weighted by Crippen LogP contribution is -2.17. The van der Waals surface area contributed by atoms with Crippen LogP contribution in [0.1, 0.15) is 12.5 Å². The maximum Gasteiger partial charge on any atom is 0.308 e. The number of carboxylic acids is 1. The van der Waals surface area contributed by atoms with Crippen LogP contribution in [0.2, 0.25) is 0 Å². The van der Waals surface area contributed by atoms with Crippen molar-refractivity contribution < 1.29 is 19.4 Å². The van der Waals surface area contributed by atoms with Gasteiger partial charge in [0.05, 0.1) is 19.1 Å². The molecule has 0 unspecified atom stereocenters. The highest BCUT2D eigenvalue weighted by Crippen LogP contribution is 2.01. The van der Waals surface area contributed by atoms with E-state index in [1.54, 1.807) is 6.92 Å². The van der Waals surface area contributed by atoms with Crippen LogP contribution in [0, 0.1) is 5.92 Å². The van der Waals surface area contributed by atoms with Crippen molar-refractivity contribution in [1.82, 2.24) is 0 Å². The molecular weight excluding hydrogens is 208 g/mol. The van der Waals surface area contributed by atoms with Crippen LogP contribution in [0.25, 0.3) is 0 Å². The molecule has 4 heteroatoms. The average Bonchev–Trinajstić information content (AvgIpc) is 2.29. The number of benzene rings is 1. The van der Waals surface area contributed by atoms with Gasteiger partial charge < -0.3 is 14.6 Å². The molecule has 0 aromatic heterocycles. The minimum Gasteiger partial charge on any atom is -0.481 e. The Kier molecular flexibility index (Phi) is 5.53. The number of carboxylic acid groups (broad SMARTS) is 1. The van der Waals surface area contributed by atoms with Crippen LogP contribution in [0.5, 0.6) is 0 Å². The highest BCUT2D eigenvalue weighted by molar-refractivity contribution is 5.69. The molecule has 0 heterocycles. The zero-order valence-corrected chi connectivity index (χ0v) is 9.26. The Balaban J connectivity index is 2.07. The van der Waals surface area contributed by atoms with Crippen molar-refractivity contribution in [1.29, 1.82) is 0 Å². The van der Waals surface area contributed by atoms with E-state index in [1.807, 2.05) is 30.3 Å². The quantitative estimate of drug-likeness (QED) is 0.567. The zero-order chi connectivity index (χ0) is 11.8. The third kappa shape index (κ3) is 4.91. The topological polar surface area (TPSA) is 55.8 Å². The van der Waals surface area contributed by atoms with Gasteiger partial charge in [-0.05, 0) is 12.5 Å². The van der Waals surface area contributed by atoms with E-state index in [1.165, 1.54) is 0 Å². The zero-order valence-electron chi connectivity index (χ0n) is 9.26. The number of rotatable bonds is 7. The Morgan fingerprint density at radius 2 is 2.00 bits per heavy atom. The highest BCUT2D eigenvalue weighted by Gasteiger charge is 2.09. The molecule has 88 valence electrons. The first-order chi connectivity index (χ1) is 7.70. The summed E-state index contributed by atoms with van der Waals surface area (Å²) in [6.45, 7) is 2.36. The van der Waals surface area contributed by atoms with Crippen molar-refractivity contribution in [3.8, 4) is 0 Å². The SMILES string of the molecule is C[C@@H](COCOCc1ccccc1)C(=O)O. The first-order valence-electron chi connectivity index (χ1n) is 5.12. The predicted octanol–water partition coefficient (Wildman–Crippen LogP) is 1.90. The van der Waals surface area contributed by atoms with Crippen LogP contribution in [0.4, 0.5) is 0 Å². The van der Waals surface area contributed by atoms with Crippen molar-refractivity contribution in [2.45, 2.75) is 13.5 Å². The number of carbonyl (C=O) groups is 1. The molecule has 0 spiro atoms. The summed E-state index contributed by atoms with van der Waals surface area (Å²) in [7, 11) is 0. The summed E-state index contributed by atoms with van der Waals surface area (Å²) in [5, 5.41) is 8.60. The van der Waals surface area contributed by atoms with Gasteiger partial charge in [-0.15, -0.1) is 0 Å². The van der Waals surface area contributed by atoms with Gasteiger partial charge in [0.25, 0.3) is 0 Å². The maximum absolute atomic E-state index is 10.5. The minimum atomic E-state index is -0.858. The summed E-state index contributed by atoms with van der Waals surface area (Å²) in [6.07, 6.45) is 0. The average molecular weight is 224 g/mol. The lowest BCUT2D eigenvalue weighted by molar-refractivity contribution is -0.145. The first-order valence-corrected chi connectivity index (χ1v) is 5.12. The Bertz CT molecular complexity index is 310. The molecule has 4 nitrogen and oxygen atoms in total. The molecule has 1 N–H and O–H groups in total. The monoisotopic (exact) mass is 224 g/mol. The van der Waals surface area contributed by atoms with E-state index in [4.69, 9.17) is 14.6 Å². The summed E-state index contributed by atoms with van der Waals surface area (Å²) in [6, 6.07) is 9.73. The lowest BCUT2D eigenvalue weighted by Gasteiger charge is -2.08. The minimum absolute atomic E-state index is 0.118. The van der Waals surface area contributed by atoms with Crippen molar-refractivity contribution in [2.75, 3.05) is 13.4 Å². The molecule has 0 radical (unpaired) electrons. The van der Waals surface area contributed by atoms with Crippen LogP contribution in [0.15, 0.2) is 30.3 Å². The number of hydrogen-bond acceptors (Lipinski definition) is 3. The Morgan fingerprint density at radius 1 is 1.31 bits per heavy atom. The third-order valence-corrected chi connectivity index (χ3v) is 2.07. The fourth-order valence-electron chi connectivity index (χ4n) is 1.09. The first kappa shape index (κ1) is 12.7. The molecule has 0 saturated carbocycles. The van der Waals surface area contributed by atoms with Crippen LogP contribution >= 0.6 is 0 Å². The predicted molar refractivity (Wildman–Crippen MR) is 58.8 cm³/mol. The molecule has 0 aliphatic rings. The van der Waals surface area contributed by atoms with Gasteiger partial charge in [0.2, 0.25) is 0 Å². The molecule has 0 bridgehead atoms. The Hall–Kier alpha value is -1.39. The van der Waals surface area contributed by atoms with E-state index >= 15 is 0 Å². The van der Waals surface area contributed by atoms with Crippen molar-refractivity contribution >= 4 is 5.97 Å². The molecule has 1 aromatic rings. The molecule has 0 amide bonds. The molecule has 0 aliphatic heterocycles. The maximum atomic E-state index is 10.5. The molecule has 1 rings (SSSR count). The summed E-state index contributed by atoms with van der Waals surface area (Å²) in [5.74, 6) is -1.36. The second-order valence-electron chi connectivity index (χ2n) is 3.56. The van der Waals surface area contributed by atoms with E-state index in [0.717, 1.165) is 5.56 Å². The van der Waals surface area contributed by atoms with E-state index in [9.17, 15) is 4.79 Å². The van der Waals surface area contributed by atoms with Crippen LogP contribution < -0.4 is 0 Å². The molecule has 16 heavy (non-hydrogen) atoms. The summed E-state index contributed by atoms with van der Waals surface area (Å²) >= 11 is 0. The van der Waals surface area contributed by atoms with Gasteiger partial charge in [0, 0.05) is 0 Å².